The number of carbonyl (C=O) groups excluding carboxylic acids is 2. The Morgan fingerprint density at radius 2 is 1.96 bits per heavy atom. The number of hydrogen-bond acceptors (Lipinski definition) is 5. The minimum absolute atomic E-state index is 0.131. The summed E-state index contributed by atoms with van der Waals surface area (Å²) in [6.07, 6.45) is 0. The van der Waals surface area contributed by atoms with Gasteiger partial charge in [-0.3, -0.25) is 9.59 Å². The molecule has 2 aromatic carbocycles. The summed E-state index contributed by atoms with van der Waals surface area (Å²) in [5.74, 6) is -0.812. The average molecular weight is 354 g/mol. The maximum Gasteiger partial charge on any atom is 0.316 e. The summed E-state index contributed by atoms with van der Waals surface area (Å²) < 4.78 is 4.98. The van der Waals surface area contributed by atoms with Crippen LogP contribution in [0.1, 0.15) is 16.7 Å². The molecule has 0 aliphatic rings. The van der Waals surface area contributed by atoms with Gasteiger partial charge in [-0.1, -0.05) is 29.8 Å². The molecule has 2 rings (SSSR count). The van der Waals surface area contributed by atoms with Gasteiger partial charge in [0.05, 0.1) is 17.0 Å². The highest BCUT2D eigenvalue weighted by Gasteiger charge is 2.11. The molecule has 0 saturated heterocycles. The van der Waals surface area contributed by atoms with Gasteiger partial charge in [-0.15, -0.1) is 11.8 Å². The molecule has 0 atom stereocenters. The SMILES string of the molecule is Cc1ccc(SCC(=O)OCC(=O)Nc2ccccc2C#N)c(C)c1. The molecule has 6 heteroatoms. The highest BCUT2D eigenvalue weighted by atomic mass is 32.2. The average Bonchev–Trinajstić information content (AvgIpc) is 2.59. The molecule has 0 radical (unpaired) electrons. The summed E-state index contributed by atoms with van der Waals surface area (Å²) in [6.45, 7) is 3.62. The van der Waals surface area contributed by atoms with E-state index in [-0.39, 0.29) is 12.4 Å². The second kappa shape index (κ2) is 8.90. The number of benzene rings is 2. The molecule has 0 bridgehead atoms. The van der Waals surface area contributed by atoms with Crippen molar-refractivity contribution in [2.45, 2.75) is 18.7 Å². The molecule has 0 spiro atoms. The quantitative estimate of drug-likeness (QED) is 0.635. The lowest BCUT2D eigenvalue weighted by Gasteiger charge is -2.08. The van der Waals surface area contributed by atoms with Crippen molar-refractivity contribution >= 4 is 29.3 Å². The van der Waals surface area contributed by atoms with Gasteiger partial charge in [0.2, 0.25) is 0 Å². The number of para-hydroxylation sites is 1. The Hall–Kier alpha value is -2.78. The molecule has 0 aliphatic heterocycles. The first-order valence-corrected chi connectivity index (χ1v) is 8.63. The second-order valence-electron chi connectivity index (χ2n) is 5.42. The molecule has 0 heterocycles. The lowest BCUT2D eigenvalue weighted by molar-refractivity contribution is -0.144. The van der Waals surface area contributed by atoms with Crippen molar-refractivity contribution in [2.24, 2.45) is 0 Å². The van der Waals surface area contributed by atoms with Gasteiger partial charge in [0.1, 0.15) is 6.07 Å². The van der Waals surface area contributed by atoms with Crippen LogP contribution in [-0.2, 0) is 14.3 Å². The van der Waals surface area contributed by atoms with Crippen molar-refractivity contribution in [3.63, 3.8) is 0 Å². The molecular formula is C19H18N2O3S. The highest BCUT2D eigenvalue weighted by molar-refractivity contribution is 8.00. The number of ether oxygens (including phenoxy) is 1. The zero-order chi connectivity index (χ0) is 18.2. The highest BCUT2D eigenvalue weighted by Crippen LogP contribution is 2.23. The molecular weight excluding hydrogens is 336 g/mol. The Kier molecular flexibility index (Phi) is 6.61. The van der Waals surface area contributed by atoms with E-state index < -0.39 is 11.9 Å². The van der Waals surface area contributed by atoms with Crippen molar-refractivity contribution in [3.05, 3.63) is 59.2 Å². The number of rotatable bonds is 6. The van der Waals surface area contributed by atoms with Crippen LogP contribution in [0.2, 0.25) is 0 Å². The van der Waals surface area contributed by atoms with Crippen molar-refractivity contribution in [1.29, 1.82) is 5.26 Å². The molecule has 25 heavy (non-hydrogen) atoms. The zero-order valence-electron chi connectivity index (χ0n) is 14.0. The summed E-state index contributed by atoms with van der Waals surface area (Å²) in [7, 11) is 0. The van der Waals surface area contributed by atoms with Crippen LogP contribution < -0.4 is 5.32 Å². The summed E-state index contributed by atoms with van der Waals surface area (Å²) in [5, 5.41) is 11.5. The minimum Gasteiger partial charge on any atom is -0.455 e. The summed E-state index contributed by atoms with van der Waals surface area (Å²) in [4.78, 5) is 24.7. The van der Waals surface area contributed by atoms with E-state index in [1.54, 1.807) is 24.3 Å². The Balaban J connectivity index is 1.79. The van der Waals surface area contributed by atoms with Crippen molar-refractivity contribution in [3.8, 4) is 6.07 Å². The molecule has 0 saturated carbocycles. The largest absolute Gasteiger partial charge is 0.455 e. The number of aryl methyl sites for hydroxylation is 2. The molecule has 0 fully saturated rings. The van der Waals surface area contributed by atoms with Gasteiger partial charge in [0, 0.05) is 4.90 Å². The lowest BCUT2D eigenvalue weighted by Crippen LogP contribution is -2.22. The number of anilines is 1. The van der Waals surface area contributed by atoms with E-state index in [1.165, 1.54) is 17.3 Å². The van der Waals surface area contributed by atoms with Gasteiger partial charge >= 0.3 is 5.97 Å². The Morgan fingerprint density at radius 1 is 1.20 bits per heavy atom. The lowest BCUT2D eigenvalue weighted by atomic mass is 10.2. The van der Waals surface area contributed by atoms with Gasteiger partial charge in [0.25, 0.3) is 5.91 Å². The van der Waals surface area contributed by atoms with Crippen LogP contribution in [0.3, 0.4) is 0 Å². The van der Waals surface area contributed by atoms with E-state index in [1.807, 2.05) is 38.1 Å². The fraction of sp³-hybridized carbons (Fsp3) is 0.211. The fourth-order valence-corrected chi connectivity index (χ4v) is 2.97. The summed E-state index contributed by atoms with van der Waals surface area (Å²) in [6, 6.07) is 14.6. The molecule has 0 aromatic heterocycles. The zero-order valence-corrected chi connectivity index (χ0v) is 14.9. The van der Waals surface area contributed by atoms with Crippen LogP contribution in [-0.4, -0.2) is 24.2 Å². The van der Waals surface area contributed by atoms with E-state index in [0.717, 1.165) is 10.5 Å². The molecule has 5 nitrogen and oxygen atoms in total. The first kappa shape index (κ1) is 18.6. The van der Waals surface area contributed by atoms with Crippen molar-refractivity contribution in [1.82, 2.24) is 0 Å². The third-order valence-corrected chi connectivity index (χ3v) is 4.51. The van der Waals surface area contributed by atoms with E-state index in [4.69, 9.17) is 10.00 Å². The monoisotopic (exact) mass is 354 g/mol. The Bertz CT molecular complexity index is 828. The number of nitrogens with one attached hydrogen (secondary N) is 1. The third-order valence-electron chi connectivity index (χ3n) is 3.36. The van der Waals surface area contributed by atoms with E-state index >= 15 is 0 Å². The number of amides is 1. The van der Waals surface area contributed by atoms with Crippen LogP contribution in [0.25, 0.3) is 0 Å². The maximum absolute atomic E-state index is 11.8. The van der Waals surface area contributed by atoms with Gasteiger partial charge in [-0.25, -0.2) is 0 Å². The Morgan fingerprint density at radius 3 is 2.68 bits per heavy atom. The molecule has 0 unspecified atom stereocenters. The number of thioether (sulfide) groups is 1. The van der Waals surface area contributed by atoms with Crippen molar-refractivity contribution < 1.29 is 14.3 Å². The van der Waals surface area contributed by atoms with E-state index in [2.05, 4.69) is 5.32 Å². The fourth-order valence-electron chi connectivity index (χ4n) is 2.16. The topological polar surface area (TPSA) is 79.2 Å². The summed E-state index contributed by atoms with van der Waals surface area (Å²) in [5.41, 5.74) is 3.02. The molecule has 1 amide bonds. The standard InChI is InChI=1S/C19H18N2O3S/c1-13-7-8-17(14(2)9-13)25-12-19(23)24-11-18(22)21-16-6-4-3-5-15(16)10-20/h3-9H,11-12H2,1-2H3,(H,21,22). The van der Waals surface area contributed by atoms with Crippen LogP contribution in [0.5, 0.6) is 0 Å². The Labute approximate surface area is 151 Å². The second-order valence-corrected chi connectivity index (χ2v) is 6.44. The number of nitriles is 1. The molecule has 2 aromatic rings. The van der Waals surface area contributed by atoms with Gasteiger partial charge in [-0.05, 0) is 37.6 Å². The van der Waals surface area contributed by atoms with Crippen LogP contribution in [0, 0.1) is 25.2 Å². The first-order chi connectivity index (χ1) is 12.0. The summed E-state index contributed by atoms with van der Waals surface area (Å²) >= 11 is 1.38. The number of esters is 1. The molecule has 0 aliphatic carbocycles. The third kappa shape index (κ3) is 5.66. The molecule has 1 N–H and O–H groups in total. The predicted molar refractivity (Wildman–Crippen MR) is 97.4 cm³/mol. The smallest absolute Gasteiger partial charge is 0.316 e. The first-order valence-electron chi connectivity index (χ1n) is 7.64. The van der Waals surface area contributed by atoms with Crippen LogP contribution in [0.15, 0.2) is 47.4 Å². The van der Waals surface area contributed by atoms with Gasteiger partial charge in [0.15, 0.2) is 6.61 Å². The maximum atomic E-state index is 11.8. The van der Waals surface area contributed by atoms with Crippen LogP contribution >= 0.6 is 11.8 Å². The van der Waals surface area contributed by atoms with Crippen LogP contribution in [0.4, 0.5) is 5.69 Å². The number of carbonyl (C=O) groups is 2. The van der Waals surface area contributed by atoms with E-state index in [9.17, 15) is 9.59 Å². The van der Waals surface area contributed by atoms with E-state index in [0.29, 0.717) is 11.3 Å². The number of nitrogens with zero attached hydrogens (tertiary/aromatic N) is 1. The van der Waals surface area contributed by atoms with Gasteiger partial charge < -0.3 is 10.1 Å². The predicted octanol–water partition coefficient (Wildman–Crippen LogP) is 3.45. The normalized spacial score (nSPS) is 9.96. The van der Waals surface area contributed by atoms with Gasteiger partial charge in [-0.2, -0.15) is 5.26 Å². The van der Waals surface area contributed by atoms with Crippen molar-refractivity contribution in [2.75, 3.05) is 17.7 Å². The molecule has 128 valence electrons. The number of hydrogen-bond donors (Lipinski definition) is 1. The minimum atomic E-state index is -0.479.